The lowest BCUT2D eigenvalue weighted by molar-refractivity contribution is -0.139. The van der Waals surface area contributed by atoms with Crippen LogP contribution in [0.25, 0.3) is 0 Å². The van der Waals surface area contributed by atoms with Gasteiger partial charge in [-0.1, -0.05) is 13.0 Å². The van der Waals surface area contributed by atoms with E-state index in [1.807, 2.05) is 0 Å². The molecule has 1 aliphatic rings. The number of carbonyl (C=O) groups is 3. The van der Waals surface area contributed by atoms with Gasteiger partial charge in [-0.3, -0.25) is 14.4 Å². The van der Waals surface area contributed by atoms with Crippen LogP contribution < -0.4 is 10.6 Å². The van der Waals surface area contributed by atoms with E-state index in [0.29, 0.717) is 24.2 Å². The van der Waals surface area contributed by atoms with E-state index in [1.54, 1.807) is 31.2 Å². The molecule has 1 aliphatic carbocycles. The van der Waals surface area contributed by atoms with Gasteiger partial charge in [0.2, 0.25) is 11.8 Å². The molecule has 6 heteroatoms. The van der Waals surface area contributed by atoms with Gasteiger partial charge >= 0.3 is 5.97 Å². The maximum atomic E-state index is 11.8. The van der Waals surface area contributed by atoms with E-state index >= 15 is 0 Å². The van der Waals surface area contributed by atoms with E-state index in [-0.39, 0.29) is 11.8 Å². The molecule has 0 heterocycles. The molecule has 1 aromatic rings. The van der Waals surface area contributed by atoms with Crippen LogP contribution in [0.15, 0.2) is 24.3 Å². The normalized spacial score (nSPS) is 20.1. The quantitative estimate of drug-likeness (QED) is 0.762. The van der Waals surface area contributed by atoms with Crippen molar-refractivity contribution in [1.82, 2.24) is 0 Å². The van der Waals surface area contributed by atoms with E-state index in [4.69, 9.17) is 5.11 Å². The average molecular weight is 276 g/mol. The Hall–Kier alpha value is -2.37. The summed E-state index contributed by atoms with van der Waals surface area (Å²) in [7, 11) is 0. The minimum Gasteiger partial charge on any atom is -0.481 e. The lowest BCUT2D eigenvalue weighted by atomic mass is 10.2. The third-order valence-corrected chi connectivity index (χ3v) is 3.18. The van der Waals surface area contributed by atoms with E-state index in [0.717, 1.165) is 0 Å². The zero-order chi connectivity index (χ0) is 14.7. The number of carboxylic acids is 1. The SMILES string of the molecule is CCC(=O)Nc1cccc(NC(=O)[C@@H]2C[C@@H]2C(=O)O)c1. The Labute approximate surface area is 116 Å². The first kappa shape index (κ1) is 14.0. The van der Waals surface area contributed by atoms with Crippen molar-refractivity contribution in [2.45, 2.75) is 19.8 Å². The minimum absolute atomic E-state index is 0.110. The monoisotopic (exact) mass is 276 g/mol. The van der Waals surface area contributed by atoms with Gasteiger partial charge in [0.05, 0.1) is 11.8 Å². The maximum absolute atomic E-state index is 11.8. The van der Waals surface area contributed by atoms with Crippen molar-refractivity contribution in [2.24, 2.45) is 11.8 Å². The molecule has 106 valence electrons. The van der Waals surface area contributed by atoms with Crippen LogP contribution >= 0.6 is 0 Å². The van der Waals surface area contributed by atoms with Crippen molar-refractivity contribution in [3.63, 3.8) is 0 Å². The standard InChI is InChI=1S/C14H16N2O4/c1-2-12(17)15-8-4-3-5-9(6-8)16-13(18)10-7-11(10)14(19)20/h3-6,10-11H,2,7H2,1H3,(H,15,17)(H,16,18)(H,19,20)/t10-,11+/m1/s1. The predicted molar refractivity (Wildman–Crippen MR) is 73.2 cm³/mol. The van der Waals surface area contributed by atoms with Gasteiger partial charge in [-0.05, 0) is 24.6 Å². The number of anilines is 2. The van der Waals surface area contributed by atoms with E-state index in [1.165, 1.54) is 0 Å². The number of hydrogen-bond acceptors (Lipinski definition) is 3. The molecular formula is C14H16N2O4. The first-order chi connectivity index (χ1) is 9.51. The predicted octanol–water partition coefficient (Wildman–Crippen LogP) is 1.69. The van der Waals surface area contributed by atoms with Crippen LogP contribution in [-0.2, 0) is 14.4 Å². The van der Waals surface area contributed by atoms with Crippen LogP contribution in [0.5, 0.6) is 0 Å². The Morgan fingerprint density at radius 2 is 1.85 bits per heavy atom. The number of amides is 2. The summed E-state index contributed by atoms with van der Waals surface area (Å²) < 4.78 is 0. The largest absolute Gasteiger partial charge is 0.481 e. The zero-order valence-electron chi connectivity index (χ0n) is 11.1. The number of rotatable bonds is 5. The summed E-state index contributed by atoms with van der Waals surface area (Å²) in [6.07, 6.45) is 0.756. The topological polar surface area (TPSA) is 95.5 Å². The number of aliphatic carboxylic acids is 1. The Kier molecular flexibility index (Phi) is 4.02. The Bertz CT molecular complexity index is 556. The number of benzene rings is 1. The number of hydrogen-bond donors (Lipinski definition) is 3. The van der Waals surface area contributed by atoms with Gasteiger partial charge in [0.15, 0.2) is 0 Å². The molecule has 0 aromatic heterocycles. The van der Waals surface area contributed by atoms with Crippen LogP contribution in [0.2, 0.25) is 0 Å². The summed E-state index contributed by atoms with van der Waals surface area (Å²) in [6.45, 7) is 1.75. The van der Waals surface area contributed by atoms with Gasteiger partial charge in [0, 0.05) is 17.8 Å². The molecule has 0 radical (unpaired) electrons. The maximum Gasteiger partial charge on any atom is 0.307 e. The molecule has 2 rings (SSSR count). The molecule has 1 aromatic carbocycles. The second-order valence-corrected chi connectivity index (χ2v) is 4.76. The van der Waals surface area contributed by atoms with E-state index in [9.17, 15) is 14.4 Å². The molecule has 0 bridgehead atoms. The third kappa shape index (κ3) is 3.34. The number of nitrogens with one attached hydrogen (secondary N) is 2. The Morgan fingerprint density at radius 1 is 1.20 bits per heavy atom. The molecule has 2 atom stereocenters. The summed E-state index contributed by atoms with van der Waals surface area (Å²) >= 11 is 0. The van der Waals surface area contributed by atoms with Crippen molar-refractivity contribution in [3.8, 4) is 0 Å². The minimum atomic E-state index is -0.936. The first-order valence-corrected chi connectivity index (χ1v) is 6.45. The van der Waals surface area contributed by atoms with E-state index < -0.39 is 17.8 Å². The smallest absolute Gasteiger partial charge is 0.307 e. The van der Waals surface area contributed by atoms with Crippen LogP contribution in [-0.4, -0.2) is 22.9 Å². The van der Waals surface area contributed by atoms with Gasteiger partial charge in [-0.25, -0.2) is 0 Å². The first-order valence-electron chi connectivity index (χ1n) is 6.45. The molecule has 0 unspecified atom stereocenters. The van der Waals surface area contributed by atoms with Gasteiger partial charge < -0.3 is 15.7 Å². The summed E-state index contributed by atoms with van der Waals surface area (Å²) in [5.41, 5.74) is 1.14. The summed E-state index contributed by atoms with van der Waals surface area (Å²) in [4.78, 5) is 33.8. The zero-order valence-corrected chi connectivity index (χ0v) is 11.1. The second kappa shape index (κ2) is 5.73. The summed E-state index contributed by atoms with van der Waals surface area (Å²) in [5, 5.41) is 14.1. The van der Waals surface area contributed by atoms with Crippen molar-refractivity contribution < 1.29 is 19.5 Å². The van der Waals surface area contributed by atoms with Gasteiger partial charge in [-0.2, -0.15) is 0 Å². The van der Waals surface area contributed by atoms with Gasteiger partial charge in [0.1, 0.15) is 0 Å². The fourth-order valence-electron chi connectivity index (χ4n) is 1.92. The van der Waals surface area contributed by atoms with E-state index in [2.05, 4.69) is 10.6 Å². The fourth-order valence-corrected chi connectivity index (χ4v) is 1.92. The van der Waals surface area contributed by atoms with Gasteiger partial charge in [-0.15, -0.1) is 0 Å². The molecule has 20 heavy (non-hydrogen) atoms. The molecule has 0 saturated heterocycles. The second-order valence-electron chi connectivity index (χ2n) is 4.76. The molecule has 2 amide bonds. The summed E-state index contributed by atoms with van der Waals surface area (Å²) in [5.74, 6) is -2.37. The molecule has 1 saturated carbocycles. The highest BCUT2D eigenvalue weighted by molar-refractivity contribution is 5.99. The van der Waals surface area contributed by atoms with Crippen LogP contribution in [0.4, 0.5) is 11.4 Å². The van der Waals surface area contributed by atoms with Crippen LogP contribution in [0, 0.1) is 11.8 Å². The molecule has 0 aliphatic heterocycles. The Balaban J connectivity index is 1.96. The van der Waals surface area contributed by atoms with Crippen molar-refractivity contribution in [1.29, 1.82) is 0 Å². The average Bonchev–Trinajstić information content (AvgIpc) is 3.19. The molecule has 0 spiro atoms. The summed E-state index contributed by atoms with van der Waals surface area (Å²) in [6, 6.07) is 6.77. The fraction of sp³-hybridized carbons (Fsp3) is 0.357. The molecule has 6 nitrogen and oxygen atoms in total. The Morgan fingerprint density at radius 3 is 2.40 bits per heavy atom. The molecule has 1 fully saturated rings. The highest BCUT2D eigenvalue weighted by Gasteiger charge is 2.48. The lowest BCUT2D eigenvalue weighted by Gasteiger charge is -2.08. The number of carboxylic acid groups (broad SMARTS) is 1. The van der Waals surface area contributed by atoms with Crippen LogP contribution in [0.3, 0.4) is 0 Å². The molecular weight excluding hydrogens is 260 g/mol. The van der Waals surface area contributed by atoms with Crippen molar-refractivity contribution in [3.05, 3.63) is 24.3 Å². The third-order valence-electron chi connectivity index (χ3n) is 3.18. The van der Waals surface area contributed by atoms with Crippen LogP contribution in [0.1, 0.15) is 19.8 Å². The highest BCUT2D eigenvalue weighted by Crippen LogP contribution is 2.39. The van der Waals surface area contributed by atoms with Crippen molar-refractivity contribution in [2.75, 3.05) is 10.6 Å². The lowest BCUT2D eigenvalue weighted by Crippen LogP contribution is -2.17. The number of carbonyl (C=O) groups excluding carboxylic acids is 2. The molecule has 3 N–H and O–H groups in total. The highest BCUT2D eigenvalue weighted by atomic mass is 16.4. The van der Waals surface area contributed by atoms with Gasteiger partial charge in [0.25, 0.3) is 0 Å². The van der Waals surface area contributed by atoms with Crippen molar-refractivity contribution >= 4 is 29.2 Å².